The lowest BCUT2D eigenvalue weighted by Crippen LogP contribution is -2.32. The molecule has 2 heteroatoms. The lowest BCUT2D eigenvalue weighted by Gasteiger charge is -2.21. The van der Waals surface area contributed by atoms with Crippen molar-refractivity contribution in [3.05, 3.63) is 60.2 Å². The second-order valence-electron chi connectivity index (χ2n) is 5.24. The maximum Gasteiger partial charge on any atom is 0.253 e. The summed E-state index contributed by atoms with van der Waals surface area (Å²) in [6, 6.07) is 18.1. The topological polar surface area (TPSA) is 20.3 Å². The quantitative estimate of drug-likeness (QED) is 0.757. The second kappa shape index (κ2) is 7.63. The van der Waals surface area contributed by atoms with E-state index in [1.165, 1.54) is 5.56 Å². The van der Waals surface area contributed by atoms with E-state index in [9.17, 15) is 4.79 Å². The molecule has 0 spiro atoms. The summed E-state index contributed by atoms with van der Waals surface area (Å²) < 4.78 is 0. The highest BCUT2D eigenvalue weighted by molar-refractivity contribution is 5.94. The van der Waals surface area contributed by atoms with E-state index in [-0.39, 0.29) is 5.91 Å². The molecule has 0 aliphatic heterocycles. The SMILES string of the molecule is CCCN(CCC)C(=O)c1ccc(-c2ccccc2)cc1. The van der Waals surface area contributed by atoms with Crippen molar-refractivity contribution in [2.24, 2.45) is 0 Å². The summed E-state index contributed by atoms with van der Waals surface area (Å²) in [7, 11) is 0. The molecule has 0 unspecified atom stereocenters. The van der Waals surface area contributed by atoms with Gasteiger partial charge in [0.25, 0.3) is 5.91 Å². The molecule has 0 aromatic heterocycles. The molecule has 2 rings (SSSR count). The lowest BCUT2D eigenvalue weighted by molar-refractivity contribution is 0.0755. The Kier molecular flexibility index (Phi) is 5.56. The highest BCUT2D eigenvalue weighted by Crippen LogP contribution is 2.19. The van der Waals surface area contributed by atoms with Crippen LogP contribution >= 0.6 is 0 Å². The molecule has 0 aliphatic rings. The van der Waals surface area contributed by atoms with Crippen LogP contribution < -0.4 is 0 Å². The maximum absolute atomic E-state index is 12.5. The Morgan fingerprint density at radius 3 is 1.86 bits per heavy atom. The van der Waals surface area contributed by atoms with E-state index in [0.717, 1.165) is 37.1 Å². The standard InChI is InChI=1S/C19H23NO/c1-3-14-20(15-4-2)19(21)18-12-10-17(11-13-18)16-8-6-5-7-9-16/h5-13H,3-4,14-15H2,1-2H3. The van der Waals surface area contributed by atoms with Crippen LogP contribution in [-0.4, -0.2) is 23.9 Å². The third kappa shape index (κ3) is 3.94. The molecule has 0 bridgehead atoms. The number of carbonyl (C=O) groups excluding carboxylic acids is 1. The van der Waals surface area contributed by atoms with Gasteiger partial charge in [0, 0.05) is 18.7 Å². The maximum atomic E-state index is 12.5. The normalized spacial score (nSPS) is 10.4. The van der Waals surface area contributed by atoms with Gasteiger partial charge in [0.2, 0.25) is 0 Å². The molecule has 2 nitrogen and oxygen atoms in total. The highest BCUT2D eigenvalue weighted by atomic mass is 16.2. The van der Waals surface area contributed by atoms with Crippen LogP contribution in [0.5, 0.6) is 0 Å². The molecule has 0 saturated heterocycles. The molecule has 110 valence electrons. The lowest BCUT2D eigenvalue weighted by atomic mass is 10.0. The van der Waals surface area contributed by atoms with Crippen LogP contribution in [0.2, 0.25) is 0 Å². The summed E-state index contributed by atoms with van der Waals surface area (Å²) in [5.74, 6) is 0.137. The molecule has 0 aliphatic carbocycles. The summed E-state index contributed by atoms with van der Waals surface area (Å²) in [4.78, 5) is 14.4. The molecule has 0 radical (unpaired) electrons. The van der Waals surface area contributed by atoms with E-state index in [2.05, 4.69) is 26.0 Å². The van der Waals surface area contributed by atoms with E-state index in [1.807, 2.05) is 47.4 Å². The fraction of sp³-hybridized carbons (Fsp3) is 0.316. The van der Waals surface area contributed by atoms with E-state index < -0.39 is 0 Å². The Bertz CT molecular complexity index is 554. The minimum absolute atomic E-state index is 0.137. The van der Waals surface area contributed by atoms with Gasteiger partial charge in [-0.05, 0) is 36.1 Å². The van der Waals surface area contributed by atoms with Gasteiger partial charge in [-0.1, -0.05) is 56.3 Å². The molecule has 0 saturated carbocycles. The van der Waals surface area contributed by atoms with Gasteiger partial charge in [-0.25, -0.2) is 0 Å². The van der Waals surface area contributed by atoms with Gasteiger partial charge in [-0.2, -0.15) is 0 Å². The number of hydrogen-bond acceptors (Lipinski definition) is 1. The van der Waals surface area contributed by atoms with Gasteiger partial charge in [-0.3, -0.25) is 4.79 Å². The summed E-state index contributed by atoms with van der Waals surface area (Å²) in [5.41, 5.74) is 3.09. The van der Waals surface area contributed by atoms with E-state index in [0.29, 0.717) is 0 Å². The number of rotatable bonds is 6. The van der Waals surface area contributed by atoms with Crippen LogP contribution in [0.15, 0.2) is 54.6 Å². The number of nitrogens with zero attached hydrogens (tertiary/aromatic N) is 1. The Labute approximate surface area is 127 Å². The first-order valence-electron chi connectivity index (χ1n) is 7.71. The Balaban J connectivity index is 2.16. The van der Waals surface area contributed by atoms with Crippen molar-refractivity contribution in [2.45, 2.75) is 26.7 Å². The Morgan fingerprint density at radius 1 is 0.810 bits per heavy atom. The zero-order chi connectivity index (χ0) is 15.1. The third-order valence-corrected chi connectivity index (χ3v) is 3.51. The minimum atomic E-state index is 0.137. The van der Waals surface area contributed by atoms with Crippen LogP contribution in [0, 0.1) is 0 Å². The number of hydrogen-bond donors (Lipinski definition) is 0. The van der Waals surface area contributed by atoms with Crippen molar-refractivity contribution in [1.82, 2.24) is 4.90 Å². The highest BCUT2D eigenvalue weighted by Gasteiger charge is 2.13. The van der Waals surface area contributed by atoms with Crippen molar-refractivity contribution in [1.29, 1.82) is 0 Å². The predicted molar refractivity (Wildman–Crippen MR) is 88.4 cm³/mol. The van der Waals surface area contributed by atoms with Crippen LogP contribution in [-0.2, 0) is 0 Å². The van der Waals surface area contributed by atoms with Crippen LogP contribution in [0.1, 0.15) is 37.0 Å². The third-order valence-electron chi connectivity index (χ3n) is 3.51. The number of amides is 1. The van der Waals surface area contributed by atoms with Crippen molar-refractivity contribution in [2.75, 3.05) is 13.1 Å². The fourth-order valence-electron chi connectivity index (χ4n) is 2.47. The van der Waals surface area contributed by atoms with Crippen molar-refractivity contribution < 1.29 is 4.79 Å². The molecule has 0 N–H and O–H groups in total. The molecular weight excluding hydrogens is 258 g/mol. The molecule has 0 heterocycles. The van der Waals surface area contributed by atoms with Gasteiger partial charge in [-0.15, -0.1) is 0 Å². The molecular formula is C19H23NO. The molecule has 0 fully saturated rings. The van der Waals surface area contributed by atoms with Gasteiger partial charge in [0.05, 0.1) is 0 Å². The minimum Gasteiger partial charge on any atom is -0.339 e. The summed E-state index contributed by atoms with van der Waals surface area (Å²) >= 11 is 0. The van der Waals surface area contributed by atoms with E-state index in [4.69, 9.17) is 0 Å². The van der Waals surface area contributed by atoms with Crippen LogP contribution in [0.3, 0.4) is 0 Å². The largest absolute Gasteiger partial charge is 0.339 e. The summed E-state index contributed by atoms with van der Waals surface area (Å²) in [6.45, 7) is 5.86. The van der Waals surface area contributed by atoms with Crippen molar-refractivity contribution >= 4 is 5.91 Å². The van der Waals surface area contributed by atoms with Crippen molar-refractivity contribution in [3.8, 4) is 11.1 Å². The second-order valence-corrected chi connectivity index (χ2v) is 5.24. The molecule has 2 aromatic rings. The van der Waals surface area contributed by atoms with Crippen molar-refractivity contribution in [3.63, 3.8) is 0 Å². The fourth-order valence-corrected chi connectivity index (χ4v) is 2.47. The Morgan fingerprint density at radius 2 is 1.33 bits per heavy atom. The Hall–Kier alpha value is -2.09. The zero-order valence-electron chi connectivity index (χ0n) is 12.9. The average molecular weight is 281 g/mol. The summed E-state index contributed by atoms with van der Waals surface area (Å²) in [5, 5.41) is 0. The summed E-state index contributed by atoms with van der Waals surface area (Å²) in [6.07, 6.45) is 1.99. The zero-order valence-corrected chi connectivity index (χ0v) is 12.9. The average Bonchev–Trinajstić information content (AvgIpc) is 2.55. The molecule has 21 heavy (non-hydrogen) atoms. The van der Waals surface area contributed by atoms with Gasteiger partial charge in [0.1, 0.15) is 0 Å². The smallest absolute Gasteiger partial charge is 0.253 e. The first kappa shape index (κ1) is 15.3. The van der Waals surface area contributed by atoms with Gasteiger partial charge < -0.3 is 4.90 Å². The first-order valence-corrected chi connectivity index (χ1v) is 7.71. The number of benzene rings is 2. The van der Waals surface area contributed by atoms with Crippen LogP contribution in [0.25, 0.3) is 11.1 Å². The van der Waals surface area contributed by atoms with Crippen LogP contribution in [0.4, 0.5) is 0 Å². The molecule has 0 atom stereocenters. The predicted octanol–water partition coefficient (Wildman–Crippen LogP) is 4.62. The first-order chi connectivity index (χ1) is 10.3. The van der Waals surface area contributed by atoms with Gasteiger partial charge >= 0.3 is 0 Å². The van der Waals surface area contributed by atoms with E-state index in [1.54, 1.807) is 0 Å². The molecule has 2 aromatic carbocycles. The number of carbonyl (C=O) groups is 1. The van der Waals surface area contributed by atoms with E-state index >= 15 is 0 Å². The van der Waals surface area contributed by atoms with Gasteiger partial charge in [0.15, 0.2) is 0 Å². The molecule has 1 amide bonds. The monoisotopic (exact) mass is 281 g/mol.